The molecule has 0 amide bonds. The molecule has 0 unspecified atom stereocenters. The van der Waals surface area contributed by atoms with Crippen LogP contribution in [0.3, 0.4) is 0 Å². The summed E-state index contributed by atoms with van der Waals surface area (Å²) in [4.78, 5) is 12.7. The summed E-state index contributed by atoms with van der Waals surface area (Å²) < 4.78 is 0. The summed E-state index contributed by atoms with van der Waals surface area (Å²) in [6, 6.07) is 12.7. The molecule has 0 radical (unpaired) electrons. The van der Waals surface area contributed by atoms with Crippen LogP contribution in [-0.4, -0.2) is 15.0 Å². The third-order valence-electron chi connectivity index (χ3n) is 2.83. The second-order valence-electron chi connectivity index (χ2n) is 4.23. The van der Waals surface area contributed by atoms with E-state index in [2.05, 4.69) is 15.0 Å². The van der Waals surface area contributed by atoms with Crippen LogP contribution in [0.1, 0.15) is 0 Å². The van der Waals surface area contributed by atoms with Crippen molar-refractivity contribution in [2.75, 3.05) is 0 Å². The summed E-state index contributed by atoms with van der Waals surface area (Å²) in [5.74, 6) is 0.386. The van der Waals surface area contributed by atoms with E-state index in [1.165, 1.54) is 0 Å². The standard InChI is InChI=1S/C15H8Cl3N3/c16-10-5-3-4-9(8-10)12-13(17)20-15(21-14(12)18)11-6-1-2-7-19-11/h1-8H. The number of aromatic nitrogens is 3. The fourth-order valence-corrected chi connectivity index (χ4v) is 2.70. The van der Waals surface area contributed by atoms with E-state index < -0.39 is 0 Å². The van der Waals surface area contributed by atoms with Gasteiger partial charge in [-0.2, -0.15) is 0 Å². The Hall–Kier alpha value is -1.68. The van der Waals surface area contributed by atoms with E-state index in [0.717, 1.165) is 5.56 Å². The van der Waals surface area contributed by atoms with Crippen molar-refractivity contribution >= 4 is 34.8 Å². The Morgan fingerprint density at radius 3 is 2.19 bits per heavy atom. The van der Waals surface area contributed by atoms with Crippen LogP contribution < -0.4 is 0 Å². The first-order valence-corrected chi connectivity index (χ1v) is 7.19. The highest BCUT2D eigenvalue weighted by molar-refractivity contribution is 6.38. The molecule has 0 N–H and O–H groups in total. The molecule has 0 bridgehead atoms. The number of benzene rings is 1. The third kappa shape index (κ3) is 3.00. The molecular weight excluding hydrogens is 329 g/mol. The van der Waals surface area contributed by atoms with Gasteiger partial charge in [-0.05, 0) is 29.8 Å². The molecule has 104 valence electrons. The van der Waals surface area contributed by atoms with Crippen molar-refractivity contribution in [2.24, 2.45) is 0 Å². The van der Waals surface area contributed by atoms with Crippen LogP contribution >= 0.6 is 34.8 Å². The van der Waals surface area contributed by atoms with Crippen molar-refractivity contribution in [1.82, 2.24) is 15.0 Å². The Kier molecular flexibility index (Phi) is 4.06. The molecular formula is C15H8Cl3N3. The molecule has 3 nitrogen and oxygen atoms in total. The van der Waals surface area contributed by atoms with Crippen LogP contribution in [0.5, 0.6) is 0 Å². The highest BCUT2D eigenvalue weighted by atomic mass is 35.5. The number of halogens is 3. The van der Waals surface area contributed by atoms with Crippen molar-refractivity contribution in [2.45, 2.75) is 0 Å². The van der Waals surface area contributed by atoms with E-state index in [4.69, 9.17) is 34.8 Å². The highest BCUT2D eigenvalue weighted by Crippen LogP contribution is 2.34. The van der Waals surface area contributed by atoms with Crippen LogP contribution in [-0.2, 0) is 0 Å². The summed E-state index contributed by atoms with van der Waals surface area (Å²) in [6.07, 6.45) is 1.66. The molecule has 0 aliphatic carbocycles. The van der Waals surface area contributed by atoms with Gasteiger partial charge in [0.05, 0.1) is 5.56 Å². The molecule has 0 spiro atoms. The van der Waals surface area contributed by atoms with E-state index in [1.54, 1.807) is 24.4 Å². The lowest BCUT2D eigenvalue weighted by molar-refractivity contribution is 1.14. The monoisotopic (exact) mass is 335 g/mol. The minimum Gasteiger partial charge on any atom is -0.253 e. The zero-order valence-corrected chi connectivity index (χ0v) is 12.9. The number of hydrogen-bond acceptors (Lipinski definition) is 3. The van der Waals surface area contributed by atoms with Crippen molar-refractivity contribution in [3.05, 3.63) is 64.0 Å². The quantitative estimate of drug-likeness (QED) is 0.606. The largest absolute Gasteiger partial charge is 0.253 e. The van der Waals surface area contributed by atoms with Crippen LogP contribution in [0.2, 0.25) is 15.3 Å². The first-order chi connectivity index (χ1) is 10.1. The SMILES string of the molecule is Clc1cccc(-c2c(Cl)nc(-c3ccccn3)nc2Cl)c1. The molecule has 0 aliphatic heterocycles. The van der Waals surface area contributed by atoms with Crippen molar-refractivity contribution < 1.29 is 0 Å². The molecule has 0 fully saturated rings. The van der Waals surface area contributed by atoms with Gasteiger partial charge in [0.25, 0.3) is 0 Å². The summed E-state index contributed by atoms with van der Waals surface area (Å²) in [7, 11) is 0. The molecule has 0 atom stereocenters. The van der Waals surface area contributed by atoms with Crippen LogP contribution in [0.25, 0.3) is 22.6 Å². The number of hydrogen-bond donors (Lipinski definition) is 0. The second kappa shape index (κ2) is 5.98. The highest BCUT2D eigenvalue weighted by Gasteiger charge is 2.15. The lowest BCUT2D eigenvalue weighted by Gasteiger charge is -2.08. The van der Waals surface area contributed by atoms with Gasteiger partial charge >= 0.3 is 0 Å². The topological polar surface area (TPSA) is 38.7 Å². The van der Waals surface area contributed by atoms with Crippen LogP contribution in [0.15, 0.2) is 48.7 Å². The lowest BCUT2D eigenvalue weighted by atomic mass is 10.1. The van der Waals surface area contributed by atoms with Gasteiger partial charge in [0, 0.05) is 11.2 Å². The van der Waals surface area contributed by atoms with Gasteiger partial charge in [-0.1, -0.05) is 53.0 Å². The van der Waals surface area contributed by atoms with E-state index >= 15 is 0 Å². The molecule has 0 saturated carbocycles. The van der Waals surface area contributed by atoms with Crippen molar-refractivity contribution in [3.63, 3.8) is 0 Å². The van der Waals surface area contributed by atoms with E-state index in [0.29, 0.717) is 22.1 Å². The van der Waals surface area contributed by atoms with Gasteiger partial charge in [0.1, 0.15) is 16.0 Å². The zero-order valence-electron chi connectivity index (χ0n) is 10.6. The van der Waals surface area contributed by atoms with Gasteiger partial charge in [0.2, 0.25) is 0 Å². The maximum absolute atomic E-state index is 6.27. The fourth-order valence-electron chi connectivity index (χ4n) is 1.90. The maximum atomic E-state index is 6.27. The second-order valence-corrected chi connectivity index (χ2v) is 5.38. The Bertz CT molecular complexity index is 768. The van der Waals surface area contributed by atoms with Gasteiger partial charge in [0.15, 0.2) is 5.82 Å². The molecule has 3 aromatic rings. The van der Waals surface area contributed by atoms with E-state index in [9.17, 15) is 0 Å². The zero-order chi connectivity index (χ0) is 14.8. The molecule has 2 heterocycles. The Morgan fingerprint density at radius 2 is 1.57 bits per heavy atom. The van der Waals surface area contributed by atoms with E-state index in [-0.39, 0.29) is 10.3 Å². The van der Waals surface area contributed by atoms with Gasteiger partial charge in [-0.25, -0.2) is 9.97 Å². The number of rotatable bonds is 2. The number of nitrogens with zero attached hydrogens (tertiary/aromatic N) is 3. The van der Waals surface area contributed by atoms with Gasteiger partial charge < -0.3 is 0 Å². The smallest absolute Gasteiger partial charge is 0.181 e. The van der Waals surface area contributed by atoms with E-state index in [1.807, 2.05) is 24.3 Å². The summed E-state index contributed by atoms with van der Waals surface area (Å²) in [6.45, 7) is 0. The van der Waals surface area contributed by atoms with Gasteiger partial charge in [-0.15, -0.1) is 0 Å². The molecule has 6 heteroatoms. The minimum absolute atomic E-state index is 0.262. The normalized spacial score (nSPS) is 10.6. The molecule has 0 saturated heterocycles. The average molecular weight is 337 g/mol. The van der Waals surface area contributed by atoms with Gasteiger partial charge in [-0.3, -0.25) is 4.98 Å². The predicted octanol–water partition coefficient (Wildman–Crippen LogP) is 5.17. The Labute approximate surface area is 136 Å². The maximum Gasteiger partial charge on any atom is 0.181 e. The first kappa shape index (κ1) is 14.3. The summed E-state index contributed by atoms with van der Waals surface area (Å²) in [5.41, 5.74) is 1.93. The number of pyridine rings is 1. The molecule has 0 aliphatic rings. The first-order valence-electron chi connectivity index (χ1n) is 6.05. The van der Waals surface area contributed by atoms with Crippen LogP contribution in [0, 0.1) is 0 Å². The predicted molar refractivity (Wildman–Crippen MR) is 85.7 cm³/mol. The van der Waals surface area contributed by atoms with Crippen molar-refractivity contribution in [1.29, 1.82) is 0 Å². The van der Waals surface area contributed by atoms with Crippen LogP contribution in [0.4, 0.5) is 0 Å². The molecule has 2 aromatic heterocycles. The third-order valence-corrected chi connectivity index (χ3v) is 3.61. The lowest BCUT2D eigenvalue weighted by Crippen LogP contribution is -1.96. The van der Waals surface area contributed by atoms with Crippen molar-refractivity contribution in [3.8, 4) is 22.6 Å². The molecule has 21 heavy (non-hydrogen) atoms. The minimum atomic E-state index is 0.262. The molecule has 3 rings (SSSR count). The fraction of sp³-hybridized carbons (Fsp3) is 0. The summed E-state index contributed by atoms with van der Waals surface area (Å²) in [5, 5.41) is 1.12. The summed E-state index contributed by atoms with van der Waals surface area (Å²) >= 11 is 18.5. The Balaban J connectivity index is 2.13. The molecule has 1 aromatic carbocycles. The average Bonchev–Trinajstić information content (AvgIpc) is 2.47. The Morgan fingerprint density at radius 1 is 0.810 bits per heavy atom.